The zero-order chi connectivity index (χ0) is 23.4. The highest BCUT2D eigenvalue weighted by atomic mass is 32.2. The maximum atomic E-state index is 13.5. The minimum absolute atomic E-state index is 0.0638. The van der Waals surface area contributed by atoms with E-state index in [2.05, 4.69) is 15.3 Å². The third kappa shape index (κ3) is 3.44. The van der Waals surface area contributed by atoms with Gasteiger partial charge >= 0.3 is 5.97 Å². The van der Waals surface area contributed by atoms with Crippen LogP contribution in [-0.4, -0.2) is 63.7 Å². The summed E-state index contributed by atoms with van der Waals surface area (Å²) in [6.07, 6.45) is 9.38. The van der Waals surface area contributed by atoms with Crippen LogP contribution in [0, 0.1) is 5.41 Å². The van der Waals surface area contributed by atoms with E-state index in [0.29, 0.717) is 19.3 Å². The molecule has 1 saturated heterocycles. The van der Waals surface area contributed by atoms with E-state index in [0.717, 1.165) is 22.5 Å². The Kier molecular flexibility index (Phi) is 5.09. The van der Waals surface area contributed by atoms with E-state index >= 15 is 0 Å². The van der Waals surface area contributed by atoms with E-state index < -0.39 is 21.4 Å². The first-order valence-corrected chi connectivity index (χ1v) is 12.0. The number of halogens is 1. The average Bonchev–Trinajstić information content (AvgIpc) is 3.43. The number of fused-ring (bicyclic) bond motifs is 2. The van der Waals surface area contributed by atoms with Crippen molar-refractivity contribution >= 4 is 27.8 Å². The molecule has 2 aromatic heterocycles. The molecule has 33 heavy (non-hydrogen) atoms. The molecule has 0 saturated carbocycles. The molecule has 0 radical (unpaired) electrons. The van der Waals surface area contributed by atoms with Crippen molar-refractivity contribution in [2.75, 3.05) is 20.2 Å². The number of carbonyl (C=O) groups is 1. The quantitative estimate of drug-likeness (QED) is 0.620. The number of methoxy groups -OCH3 is 1. The van der Waals surface area contributed by atoms with Crippen molar-refractivity contribution in [1.82, 2.24) is 29.1 Å². The smallest absolute Gasteiger partial charge is 0.317 e. The highest BCUT2D eigenvalue weighted by molar-refractivity contribution is 7.89. The van der Waals surface area contributed by atoms with Crippen LogP contribution >= 0.6 is 0 Å². The summed E-state index contributed by atoms with van der Waals surface area (Å²) in [5.74, 6) is -0.660. The molecule has 1 aliphatic heterocycles. The van der Waals surface area contributed by atoms with E-state index in [1.54, 1.807) is 17.0 Å². The van der Waals surface area contributed by atoms with Gasteiger partial charge in [0, 0.05) is 32.3 Å². The molecule has 0 N–H and O–H groups in total. The third-order valence-electron chi connectivity index (χ3n) is 6.49. The first-order valence-electron chi connectivity index (χ1n) is 10.5. The maximum absolute atomic E-state index is 13.5. The summed E-state index contributed by atoms with van der Waals surface area (Å²) in [5, 5.41) is 12.1. The van der Waals surface area contributed by atoms with Crippen molar-refractivity contribution in [3.63, 3.8) is 0 Å². The molecule has 12 heteroatoms. The molecular formula is C21H23FN6O4S. The Bertz CT molecular complexity index is 1340. The second-order valence-electron chi connectivity index (χ2n) is 8.42. The topological polar surface area (TPSA) is 112 Å². The number of hydrogen-bond acceptors (Lipinski definition) is 7. The SMILES string of the molecule is COC(=O)[C@]12Cc3cnn(C4=CC=C(F)CC4)c3C=C1CCN(S(=O)(=O)c1cnn(C)n1)C2. The van der Waals surface area contributed by atoms with Crippen LogP contribution < -0.4 is 0 Å². The van der Waals surface area contributed by atoms with Crippen LogP contribution in [0.4, 0.5) is 4.39 Å². The Morgan fingerprint density at radius 3 is 2.67 bits per heavy atom. The standard InChI is InChI=1S/C21H23FN6O4S/c1-26-23-12-19(25-26)33(30,31)27-8-7-15-9-18-14(10-21(15,13-27)20(29)32-2)11-24-28(18)17-5-3-16(22)4-6-17/h3,5,9,11-12H,4,6-8,10,13H2,1-2H3/t21-/m0/s1. The van der Waals surface area contributed by atoms with Crippen LogP contribution in [0.2, 0.25) is 0 Å². The van der Waals surface area contributed by atoms with Gasteiger partial charge in [-0.25, -0.2) is 17.5 Å². The lowest BCUT2D eigenvalue weighted by atomic mass is 9.69. The summed E-state index contributed by atoms with van der Waals surface area (Å²) in [5.41, 5.74) is 2.14. The van der Waals surface area contributed by atoms with E-state index in [1.807, 2.05) is 6.08 Å². The molecule has 0 aromatic carbocycles. The molecule has 0 unspecified atom stereocenters. The molecular weight excluding hydrogens is 451 g/mol. The molecule has 174 valence electrons. The lowest BCUT2D eigenvalue weighted by molar-refractivity contribution is -0.151. The first-order chi connectivity index (χ1) is 15.7. The van der Waals surface area contributed by atoms with Crippen molar-refractivity contribution in [2.45, 2.75) is 30.7 Å². The summed E-state index contributed by atoms with van der Waals surface area (Å²) in [6, 6.07) is 0. The van der Waals surface area contributed by atoms with E-state index in [9.17, 15) is 17.6 Å². The van der Waals surface area contributed by atoms with E-state index in [4.69, 9.17) is 4.74 Å². The molecule has 3 heterocycles. The number of ether oxygens (including phenoxy) is 1. The molecule has 0 amide bonds. The number of allylic oxidation sites excluding steroid dienone is 4. The van der Waals surface area contributed by atoms with E-state index in [-0.39, 0.29) is 30.4 Å². The number of sulfonamides is 1. The Labute approximate surface area is 190 Å². The summed E-state index contributed by atoms with van der Waals surface area (Å²) in [7, 11) is -1.09. The minimum Gasteiger partial charge on any atom is -0.468 e. The van der Waals surface area contributed by atoms with Gasteiger partial charge in [-0.15, -0.1) is 5.10 Å². The average molecular weight is 475 g/mol. The number of esters is 1. The van der Waals surface area contributed by atoms with Crippen molar-refractivity contribution in [3.8, 4) is 0 Å². The van der Waals surface area contributed by atoms with Gasteiger partial charge < -0.3 is 4.74 Å². The third-order valence-corrected chi connectivity index (χ3v) is 8.20. The number of nitrogens with zero attached hydrogens (tertiary/aromatic N) is 6. The Balaban J connectivity index is 1.54. The van der Waals surface area contributed by atoms with Gasteiger partial charge in [-0.05, 0) is 48.6 Å². The molecule has 3 aliphatic rings. The van der Waals surface area contributed by atoms with Crippen LogP contribution in [0.3, 0.4) is 0 Å². The second kappa shape index (κ2) is 7.73. The maximum Gasteiger partial charge on any atom is 0.317 e. The summed E-state index contributed by atoms with van der Waals surface area (Å²) in [4.78, 5) is 14.3. The number of aromatic nitrogens is 5. The fourth-order valence-corrected chi connectivity index (χ4v) is 6.16. The van der Waals surface area contributed by atoms with Crippen LogP contribution in [0.5, 0.6) is 0 Å². The molecule has 2 aliphatic carbocycles. The predicted molar refractivity (Wildman–Crippen MR) is 115 cm³/mol. The first kappa shape index (κ1) is 21.7. The Morgan fingerprint density at radius 1 is 1.18 bits per heavy atom. The fraction of sp³-hybridized carbons (Fsp3) is 0.429. The molecule has 2 aromatic rings. The van der Waals surface area contributed by atoms with Crippen LogP contribution in [0.25, 0.3) is 11.8 Å². The molecule has 5 rings (SSSR count). The number of hydrogen-bond donors (Lipinski definition) is 0. The summed E-state index contributed by atoms with van der Waals surface area (Å²) < 4.78 is 48.0. The normalized spacial score (nSPS) is 23.2. The molecule has 10 nitrogen and oxygen atoms in total. The van der Waals surface area contributed by atoms with E-state index in [1.165, 1.54) is 35.5 Å². The minimum atomic E-state index is -3.93. The fourth-order valence-electron chi connectivity index (χ4n) is 4.77. The van der Waals surface area contributed by atoms with Gasteiger partial charge in [-0.1, -0.05) is 0 Å². The largest absolute Gasteiger partial charge is 0.468 e. The van der Waals surface area contributed by atoms with Gasteiger partial charge in [0.1, 0.15) is 11.2 Å². The van der Waals surface area contributed by atoms with Crippen molar-refractivity contribution in [3.05, 3.63) is 47.2 Å². The van der Waals surface area contributed by atoms with Gasteiger partial charge in [0.25, 0.3) is 10.0 Å². The lowest BCUT2D eigenvalue weighted by Crippen LogP contribution is -2.53. The highest BCUT2D eigenvalue weighted by Gasteiger charge is 2.52. The van der Waals surface area contributed by atoms with Crippen LogP contribution in [-0.2, 0) is 33.0 Å². The van der Waals surface area contributed by atoms with Gasteiger partial charge in [-0.3, -0.25) is 4.79 Å². The number of aryl methyl sites for hydroxylation is 1. The monoisotopic (exact) mass is 474 g/mol. The van der Waals surface area contributed by atoms with Gasteiger partial charge in [-0.2, -0.15) is 19.3 Å². The molecule has 1 atom stereocenters. The Morgan fingerprint density at radius 2 is 2.00 bits per heavy atom. The van der Waals surface area contributed by atoms with Crippen LogP contribution in [0.15, 0.2) is 41.0 Å². The number of rotatable bonds is 4. The van der Waals surface area contributed by atoms with Gasteiger partial charge in [0.05, 0.1) is 25.2 Å². The van der Waals surface area contributed by atoms with Crippen molar-refractivity contribution < 1.29 is 22.3 Å². The second-order valence-corrected chi connectivity index (χ2v) is 10.3. The van der Waals surface area contributed by atoms with Crippen molar-refractivity contribution in [1.29, 1.82) is 0 Å². The molecule has 1 fully saturated rings. The highest BCUT2D eigenvalue weighted by Crippen LogP contribution is 2.46. The van der Waals surface area contributed by atoms with Gasteiger partial charge in [0.15, 0.2) is 0 Å². The predicted octanol–water partition coefficient (Wildman–Crippen LogP) is 1.69. The molecule has 0 bridgehead atoms. The summed E-state index contributed by atoms with van der Waals surface area (Å²) in [6.45, 7) is 0.134. The number of piperidine rings is 1. The van der Waals surface area contributed by atoms with Crippen molar-refractivity contribution in [2.24, 2.45) is 12.5 Å². The lowest BCUT2D eigenvalue weighted by Gasteiger charge is -2.43. The molecule has 0 spiro atoms. The Hall–Kier alpha value is -3.12. The van der Waals surface area contributed by atoms with Crippen LogP contribution in [0.1, 0.15) is 30.5 Å². The number of carbonyl (C=O) groups excluding carboxylic acids is 1. The van der Waals surface area contributed by atoms with Gasteiger partial charge in [0.2, 0.25) is 5.03 Å². The summed E-state index contributed by atoms with van der Waals surface area (Å²) >= 11 is 0. The zero-order valence-electron chi connectivity index (χ0n) is 18.2. The zero-order valence-corrected chi connectivity index (χ0v) is 19.0.